The van der Waals surface area contributed by atoms with Crippen molar-refractivity contribution in [1.29, 1.82) is 5.26 Å². The third kappa shape index (κ3) is 4.81. The van der Waals surface area contributed by atoms with E-state index in [2.05, 4.69) is 109 Å². The number of benzene rings is 6. The number of nitrogens with zero attached hydrogens (tertiary/aromatic N) is 4. The molecule has 46 heavy (non-hydrogen) atoms. The lowest BCUT2D eigenvalue weighted by atomic mass is 10.0. The van der Waals surface area contributed by atoms with Gasteiger partial charge in [-0.3, -0.25) is 0 Å². The van der Waals surface area contributed by atoms with Crippen LogP contribution in [0.3, 0.4) is 0 Å². The van der Waals surface area contributed by atoms with Crippen LogP contribution in [-0.4, -0.2) is 14.5 Å². The first kappa shape index (κ1) is 27.3. The standard InChI is InChI=1S/C42H28N4/c1-28-16-19-30(20-17-28)33-21-23-35-34-14-8-9-15-39(34)46(41(35)25-33)40-24-29(27-43)18-22-36(40)42-44-37(31-10-4-2-5-11-31)26-38(45-42)32-12-6-3-7-13-32/h2-26H,1H3. The Balaban J connectivity index is 1.43. The summed E-state index contributed by atoms with van der Waals surface area (Å²) in [6.45, 7) is 2.10. The van der Waals surface area contributed by atoms with E-state index in [4.69, 9.17) is 9.97 Å². The van der Waals surface area contributed by atoms with Crippen molar-refractivity contribution in [3.63, 3.8) is 0 Å². The number of rotatable bonds is 5. The fourth-order valence-corrected chi connectivity index (χ4v) is 6.21. The summed E-state index contributed by atoms with van der Waals surface area (Å²) in [7, 11) is 0. The summed E-state index contributed by atoms with van der Waals surface area (Å²) >= 11 is 0. The van der Waals surface area contributed by atoms with Gasteiger partial charge in [-0.25, -0.2) is 9.97 Å². The van der Waals surface area contributed by atoms with E-state index in [0.717, 1.165) is 66.7 Å². The minimum Gasteiger partial charge on any atom is -0.308 e. The third-order valence-electron chi connectivity index (χ3n) is 8.53. The van der Waals surface area contributed by atoms with Crippen LogP contribution < -0.4 is 0 Å². The molecule has 0 bridgehead atoms. The van der Waals surface area contributed by atoms with Crippen LogP contribution in [0, 0.1) is 18.3 Å². The van der Waals surface area contributed by atoms with Crippen LogP contribution in [0.1, 0.15) is 11.1 Å². The molecule has 0 spiro atoms. The summed E-state index contributed by atoms with van der Waals surface area (Å²) in [5.41, 5.74) is 11.6. The number of hydrogen-bond donors (Lipinski definition) is 0. The largest absolute Gasteiger partial charge is 0.308 e. The molecule has 0 aliphatic heterocycles. The van der Waals surface area contributed by atoms with Gasteiger partial charge in [0, 0.05) is 27.5 Å². The van der Waals surface area contributed by atoms with Gasteiger partial charge in [-0.05, 0) is 54.4 Å². The van der Waals surface area contributed by atoms with Gasteiger partial charge >= 0.3 is 0 Å². The lowest BCUT2D eigenvalue weighted by molar-refractivity contribution is 1.14. The molecule has 0 fully saturated rings. The Labute approximate surface area is 267 Å². The van der Waals surface area contributed by atoms with E-state index in [1.54, 1.807) is 0 Å². The highest BCUT2D eigenvalue weighted by molar-refractivity contribution is 6.10. The fraction of sp³-hybridized carbons (Fsp3) is 0.0238. The molecule has 4 heteroatoms. The van der Waals surface area contributed by atoms with Crippen molar-refractivity contribution in [3.8, 4) is 56.8 Å². The van der Waals surface area contributed by atoms with E-state index in [-0.39, 0.29) is 0 Å². The monoisotopic (exact) mass is 588 g/mol. The maximum Gasteiger partial charge on any atom is 0.162 e. The van der Waals surface area contributed by atoms with E-state index < -0.39 is 0 Å². The first-order valence-corrected chi connectivity index (χ1v) is 15.3. The minimum absolute atomic E-state index is 0.571. The molecule has 4 nitrogen and oxygen atoms in total. The van der Waals surface area contributed by atoms with Crippen LogP contribution in [0.15, 0.2) is 152 Å². The number of aromatic nitrogens is 3. The van der Waals surface area contributed by atoms with Gasteiger partial charge < -0.3 is 4.57 Å². The second-order valence-corrected chi connectivity index (χ2v) is 11.5. The second-order valence-electron chi connectivity index (χ2n) is 11.5. The highest BCUT2D eigenvalue weighted by Gasteiger charge is 2.20. The first-order valence-electron chi connectivity index (χ1n) is 15.3. The molecule has 2 heterocycles. The van der Waals surface area contributed by atoms with Gasteiger partial charge in [-0.2, -0.15) is 5.26 Å². The molecule has 0 radical (unpaired) electrons. The lowest BCUT2D eigenvalue weighted by Gasteiger charge is -2.16. The van der Waals surface area contributed by atoms with E-state index in [1.807, 2.05) is 60.7 Å². The smallest absolute Gasteiger partial charge is 0.162 e. The number of hydrogen-bond acceptors (Lipinski definition) is 3. The Morgan fingerprint density at radius 2 is 1.13 bits per heavy atom. The quantitative estimate of drug-likeness (QED) is 0.201. The first-order chi connectivity index (χ1) is 22.7. The molecule has 0 atom stereocenters. The van der Waals surface area contributed by atoms with Crippen molar-refractivity contribution in [2.75, 3.05) is 0 Å². The summed E-state index contributed by atoms with van der Waals surface area (Å²) in [6.07, 6.45) is 0. The highest BCUT2D eigenvalue weighted by atomic mass is 15.0. The third-order valence-corrected chi connectivity index (χ3v) is 8.53. The number of aryl methyl sites for hydroxylation is 1. The zero-order chi connectivity index (χ0) is 31.0. The Bertz CT molecular complexity index is 2360. The van der Waals surface area contributed by atoms with Crippen LogP contribution in [-0.2, 0) is 0 Å². The van der Waals surface area contributed by atoms with Gasteiger partial charge in [0.25, 0.3) is 0 Å². The van der Waals surface area contributed by atoms with E-state index in [9.17, 15) is 5.26 Å². The summed E-state index contributed by atoms with van der Waals surface area (Å²) in [5.74, 6) is 0.598. The van der Waals surface area contributed by atoms with Crippen LogP contribution in [0.4, 0.5) is 0 Å². The molecular weight excluding hydrogens is 560 g/mol. The van der Waals surface area contributed by atoms with E-state index >= 15 is 0 Å². The summed E-state index contributed by atoms with van der Waals surface area (Å²) < 4.78 is 2.26. The van der Waals surface area contributed by atoms with Gasteiger partial charge in [0.1, 0.15) is 0 Å². The molecule has 8 rings (SSSR count). The molecule has 0 aliphatic carbocycles. The number of nitriles is 1. The Morgan fingerprint density at radius 1 is 0.522 bits per heavy atom. The molecule has 0 saturated carbocycles. The van der Waals surface area contributed by atoms with Gasteiger partial charge in [-0.15, -0.1) is 0 Å². The van der Waals surface area contributed by atoms with Crippen molar-refractivity contribution in [3.05, 3.63) is 163 Å². The van der Waals surface area contributed by atoms with Crippen LogP contribution in [0.2, 0.25) is 0 Å². The lowest BCUT2D eigenvalue weighted by Crippen LogP contribution is -2.02. The van der Waals surface area contributed by atoms with E-state index in [0.29, 0.717) is 11.4 Å². The topological polar surface area (TPSA) is 54.5 Å². The number of para-hydroxylation sites is 1. The summed E-state index contributed by atoms with van der Waals surface area (Å²) in [5, 5.41) is 12.3. The average Bonchev–Trinajstić information content (AvgIpc) is 3.46. The van der Waals surface area contributed by atoms with Crippen molar-refractivity contribution in [2.45, 2.75) is 6.92 Å². The van der Waals surface area contributed by atoms with Crippen molar-refractivity contribution in [2.24, 2.45) is 0 Å². The average molecular weight is 589 g/mol. The maximum atomic E-state index is 10.1. The zero-order valence-electron chi connectivity index (χ0n) is 25.2. The second kappa shape index (κ2) is 11.3. The molecule has 2 aromatic heterocycles. The maximum absolute atomic E-state index is 10.1. The Morgan fingerprint density at radius 3 is 1.80 bits per heavy atom. The molecule has 0 N–H and O–H groups in total. The molecule has 216 valence electrons. The van der Waals surface area contributed by atoms with Crippen LogP contribution in [0.5, 0.6) is 0 Å². The van der Waals surface area contributed by atoms with Gasteiger partial charge in [0.15, 0.2) is 5.82 Å². The highest BCUT2D eigenvalue weighted by Crippen LogP contribution is 2.38. The van der Waals surface area contributed by atoms with E-state index in [1.165, 1.54) is 5.56 Å². The molecule has 0 amide bonds. The van der Waals surface area contributed by atoms with Crippen LogP contribution in [0.25, 0.3) is 72.5 Å². The SMILES string of the molecule is Cc1ccc(-c2ccc3c4ccccc4n(-c4cc(C#N)ccc4-c4nc(-c5ccccc5)cc(-c5ccccc5)n4)c3c2)cc1. The Kier molecular flexibility index (Phi) is 6.70. The predicted molar refractivity (Wildman–Crippen MR) is 188 cm³/mol. The van der Waals surface area contributed by atoms with Crippen LogP contribution >= 0.6 is 0 Å². The summed E-state index contributed by atoms with van der Waals surface area (Å²) in [4.78, 5) is 10.3. The molecular formula is C42H28N4. The Hall–Kier alpha value is -6.31. The number of fused-ring (bicyclic) bond motifs is 3. The molecule has 0 saturated heterocycles. The van der Waals surface area contributed by atoms with Gasteiger partial charge in [0.2, 0.25) is 0 Å². The molecule has 0 unspecified atom stereocenters. The molecule has 6 aromatic carbocycles. The zero-order valence-corrected chi connectivity index (χ0v) is 25.2. The summed E-state index contributed by atoms with van der Waals surface area (Å²) in [6, 6.07) is 54.3. The van der Waals surface area contributed by atoms with Crippen molar-refractivity contribution in [1.82, 2.24) is 14.5 Å². The normalized spacial score (nSPS) is 11.1. The fourth-order valence-electron chi connectivity index (χ4n) is 6.21. The van der Waals surface area contributed by atoms with Gasteiger partial charge in [-0.1, -0.05) is 121 Å². The molecule has 8 aromatic rings. The predicted octanol–water partition coefficient (Wildman–Crippen LogP) is 10.4. The van der Waals surface area contributed by atoms with Gasteiger partial charge in [0.05, 0.1) is 39.7 Å². The van der Waals surface area contributed by atoms with Crippen molar-refractivity contribution >= 4 is 21.8 Å². The molecule has 0 aliphatic rings. The van der Waals surface area contributed by atoms with Crippen molar-refractivity contribution < 1.29 is 0 Å². The minimum atomic E-state index is 0.571.